The third-order valence-electron chi connectivity index (χ3n) is 6.10. The van der Waals surface area contributed by atoms with Crippen LogP contribution in [0.2, 0.25) is 0 Å². The van der Waals surface area contributed by atoms with Gasteiger partial charge in [-0.25, -0.2) is 0 Å². The van der Waals surface area contributed by atoms with E-state index >= 15 is 0 Å². The number of pyridine rings is 1. The summed E-state index contributed by atoms with van der Waals surface area (Å²) >= 11 is 0. The molecule has 2 N–H and O–H groups in total. The van der Waals surface area contributed by atoms with Crippen molar-refractivity contribution in [1.82, 2.24) is 15.2 Å². The second-order valence-electron chi connectivity index (χ2n) is 7.52. The highest BCUT2D eigenvalue weighted by Crippen LogP contribution is 2.48. The molecule has 1 saturated carbocycles. The van der Waals surface area contributed by atoms with E-state index in [9.17, 15) is 4.79 Å². The van der Waals surface area contributed by atoms with Crippen LogP contribution in [0.25, 0.3) is 0 Å². The molecular formula is C22H39IN4O2. The quantitative estimate of drug-likeness (QED) is 0.203. The zero-order valence-electron chi connectivity index (χ0n) is 18.4. The van der Waals surface area contributed by atoms with E-state index in [1.807, 2.05) is 12.3 Å². The lowest BCUT2D eigenvalue weighted by atomic mass is 9.58. The molecule has 1 aromatic rings. The summed E-state index contributed by atoms with van der Waals surface area (Å²) in [6.07, 6.45) is 7.34. The van der Waals surface area contributed by atoms with Gasteiger partial charge in [-0.3, -0.25) is 9.79 Å². The minimum atomic E-state index is 0. The summed E-state index contributed by atoms with van der Waals surface area (Å²) < 4.78 is 7.74. The van der Waals surface area contributed by atoms with Crippen LogP contribution in [-0.2, 0) is 11.3 Å². The van der Waals surface area contributed by atoms with E-state index in [2.05, 4.69) is 38.3 Å². The molecule has 1 fully saturated rings. The van der Waals surface area contributed by atoms with Gasteiger partial charge in [0, 0.05) is 50.0 Å². The number of hydrogen-bond acceptors (Lipinski definition) is 3. The van der Waals surface area contributed by atoms with Crippen LogP contribution in [0.1, 0.15) is 59.8 Å². The molecule has 0 saturated heterocycles. The number of rotatable bonds is 11. The number of halogens is 1. The van der Waals surface area contributed by atoms with Gasteiger partial charge in [0.15, 0.2) is 5.96 Å². The minimum absolute atomic E-state index is 0. The van der Waals surface area contributed by atoms with Crippen LogP contribution in [0.5, 0.6) is 0 Å². The summed E-state index contributed by atoms with van der Waals surface area (Å²) in [5, 5.41) is 7.03. The van der Waals surface area contributed by atoms with Crippen molar-refractivity contribution in [2.24, 2.45) is 10.4 Å². The average Bonchev–Trinajstić information content (AvgIpc) is 2.69. The molecule has 1 aromatic heterocycles. The first-order chi connectivity index (χ1) is 13.6. The first kappa shape index (κ1) is 25.9. The SMILES string of the molecule is CCNC(=NCCCCn1ccccc1=O)NC1CC(OCC)C1(CC)CC.I. The largest absolute Gasteiger partial charge is 0.378 e. The summed E-state index contributed by atoms with van der Waals surface area (Å²) in [5.74, 6) is 0.894. The minimum Gasteiger partial charge on any atom is -0.378 e. The van der Waals surface area contributed by atoms with Crippen molar-refractivity contribution in [3.63, 3.8) is 0 Å². The topological polar surface area (TPSA) is 67.7 Å². The molecule has 0 bridgehead atoms. The molecule has 1 aliphatic carbocycles. The summed E-state index contributed by atoms with van der Waals surface area (Å²) in [6, 6.07) is 5.68. The van der Waals surface area contributed by atoms with E-state index in [1.54, 1.807) is 16.7 Å². The first-order valence-electron chi connectivity index (χ1n) is 10.9. The fourth-order valence-corrected chi connectivity index (χ4v) is 4.30. The van der Waals surface area contributed by atoms with Gasteiger partial charge in [-0.05, 0) is 52.0 Å². The van der Waals surface area contributed by atoms with Gasteiger partial charge < -0.3 is 19.9 Å². The van der Waals surface area contributed by atoms with Crippen LogP contribution in [-0.4, -0.2) is 42.4 Å². The molecule has 2 atom stereocenters. The number of nitrogens with one attached hydrogen (secondary N) is 2. The van der Waals surface area contributed by atoms with E-state index < -0.39 is 0 Å². The Morgan fingerprint density at radius 2 is 2.00 bits per heavy atom. The van der Waals surface area contributed by atoms with Crippen LogP contribution >= 0.6 is 24.0 Å². The zero-order chi connectivity index (χ0) is 20.4. The number of ether oxygens (including phenoxy) is 1. The summed E-state index contributed by atoms with van der Waals surface area (Å²) in [5.41, 5.74) is 0.256. The number of unbranched alkanes of at least 4 members (excludes halogenated alkanes) is 1. The van der Waals surface area contributed by atoms with E-state index in [4.69, 9.17) is 9.73 Å². The maximum Gasteiger partial charge on any atom is 0.250 e. The molecule has 2 rings (SSSR count). The number of hydrogen-bond donors (Lipinski definition) is 2. The Morgan fingerprint density at radius 1 is 1.24 bits per heavy atom. The predicted octanol–water partition coefficient (Wildman–Crippen LogP) is 3.79. The predicted molar refractivity (Wildman–Crippen MR) is 131 cm³/mol. The first-order valence-corrected chi connectivity index (χ1v) is 10.9. The highest BCUT2D eigenvalue weighted by Gasteiger charge is 2.53. The molecule has 1 aliphatic rings. The lowest BCUT2D eigenvalue weighted by Crippen LogP contribution is -2.65. The monoisotopic (exact) mass is 518 g/mol. The average molecular weight is 518 g/mol. The van der Waals surface area contributed by atoms with Crippen molar-refractivity contribution >= 4 is 29.9 Å². The van der Waals surface area contributed by atoms with E-state index in [1.165, 1.54) is 0 Å². The highest BCUT2D eigenvalue weighted by molar-refractivity contribution is 14.0. The number of nitrogens with zero attached hydrogens (tertiary/aromatic N) is 2. The third-order valence-corrected chi connectivity index (χ3v) is 6.10. The van der Waals surface area contributed by atoms with Gasteiger partial charge in [0.1, 0.15) is 0 Å². The second kappa shape index (κ2) is 13.3. The molecule has 166 valence electrons. The molecule has 29 heavy (non-hydrogen) atoms. The number of aliphatic imine (C=N–C) groups is 1. The molecule has 7 heteroatoms. The zero-order valence-corrected chi connectivity index (χ0v) is 20.8. The Morgan fingerprint density at radius 3 is 2.62 bits per heavy atom. The summed E-state index contributed by atoms with van der Waals surface area (Å²) in [4.78, 5) is 16.5. The lowest BCUT2D eigenvalue weighted by molar-refractivity contribution is -0.133. The Labute approximate surface area is 192 Å². The van der Waals surface area contributed by atoms with Gasteiger partial charge >= 0.3 is 0 Å². The fraction of sp³-hybridized carbons (Fsp3) is 0.727. The molecule has 1 heterocycles. The maximum atomic E-state index is 11.7. The molecule has 0 spiro atoms. The molecule has 0 aromatic carbocycles. The van der Waals surface area contributed by atoms with Crippen molar-refractivity contribution in [3.05, 3.63) is 34.7 Å². The van der Waals surface area contributed by atoms with Crippen LogP contribution in [0.3, 0.4) is 0 Å². The van der Waals surface area contributed by atoms with E-state index in [0.29, 0.717) is 12.1 Å². The van der Waals surface area contributed by atoms with Gasteiger partial charge in [-0.1, -0.05) is 19.9 Å². The van der Waals surface area contributed by atoms with Gasteiger partial charge in [-0.2, -0.15) is 0 Å². The molecule has 0 amide bonds. The normalized spacial score (nSPS) is 20.5. The van der Waals surface area contributed by atoms with Crippen LogP contribution in [0, 0.1) is 5.41 Å². The Balaban J connectivity index is 0.00000420. The lowest BCUT2D eigenvalue weighted by Gasteiger charge is -2.55. The van der Waals surface area contributed by atoms with Crippen LogP contribution in [0.4, 0.5) is 0 Å². The Hall–Kier alpha value is -1.09. The third kappa shape index (κ3) is 6.70. The molecule has 2 unspecified atom stereocenters. The van der Waals surface area contributed by atoms with Crippen molar-refractivity contribution in [3.8, 4) is 0 Å². The van der Waals surface area contributed by atoms with Gasteiger partial charge in [-0.15, -0.1) is 24.0 Å². The van der Waals surface area contributed by atoms with E-state index in [-0.39, 0.29) is 35.0 Å². The van der Waals surface area contributed by atoms with Crippen LogP contribution in [0.15, 0.2) is 34.2 Å². The van der Waals surface area contributed by atoms with Crippen molar-refractivity contribution in [2.75, 3.05) is 19.7 Å². The molecule has 0 aliphatic heterocycles. The van der Waals surface area contributed by atoms with Gasteiger partial charge in [0.05, 0.1) is 6.10 Å². The van der Waals surface area contributed by atoms with Gasteiger partial charge in [0.2, 0.25) is 5.56 Å². The Kier molecular flexibility index (Phi) is 11.9. The number of aryl methyl sites for hydroxylation is 1. The molecular weight excluding hydrogens is 479 g/mol. The van der Waals surface area contributed by atoms with Crippen molar-refractivity contribution in [2.45, 2.75) is 78.5 Å². The van der Waals surface area contributed by atoms with Crippen molar-refractivity contribution in [1.29, 1.82) is 0 Å². The number of guanidine groups is 1. The summed E-state index contributed by atoms with van der Waals surface area (Å²) in [6.45, 7) is 11.8. The molecule has 0 radical (unpaired) electrons. The maximum absolute atomic E-state index is 11.7. The number of aromatic nitrogens is 1. The van der Waals surface area contributed by atoms with Gasteiger partial charge in [0.25, 0.3) is 0 Å². The summed E-state index contributed by atoms with van der Waals surface area (Å²) in [7, 11) is 0. The molecule has 6 nitrogen and oxygen atoms in total. The fourth-order valence-electron chi connectivity index (χ4n) is 4.30. The second-order valence-corrected chi connectivity index (χ2v) is 7.52. The smallest absolute Gasteiger partial charge is 0.250 e. The van der Waals surface area contributed by atoms with Crippen LogP contribution < -0.4 is 16.2 Å². The van der Waals surface area contributed by atoms with Crippen molar-refractivity contribution < 1.29 is 4.74 Å². The highest BCUT2D eigenvalue weighted by atomic mass is 127. The Bertz CT molecular complexity index is 673. The standard InChI is InChI=1S/C22H38N4O2.HI/c1-5-22(6-2)18(17-19(22)28-8-4)25-21(23-7-3)24-14-10-12-16-26-15-11-9-13-20(26)27;/h9,11,13,15,18-19H,5-8,10,12,14,16-17H2,1-4H3,(H2,23,24,25);1H. The van der Waals surface area contributed by atoms with E-state index in [0.717, 1.165) is 64.3 Å².